The van der Waals surface area contributed by atoms with Gasteiger partial charge in [0, 0.05) is 10.0 Å². The molecule has 0 amide bonds. The van der Waals surface area contributed by atoms with Gasteiger partial charge in [0.05, 0.1) is 17.3 Å². The van der Waals surface area contributed by atoms with Crippen molar-refractivity contribution in [3.63, 3.8) is 0 Å². The summed E-state index contributed by atoms with van der Waals surface area (Å²) in [7, 11) is 0. The predicted octanol–water partition coefficient (Wildman–Crippen LogP) is 3.64. The van der Waals surface area contributed by atoms with Crippen LogP contribution in [0, 0.1) is 0 Å². The molecule has 2 nitrogen and oxygen atoms in total. The van der Waals surface area contributed by atoms with E-state index in [1.54, 1.807) is 0 Å². The van der Waals surface area contributed by atoms with Crippen LogP contribution < -0.4 is 0 Å². The number of benzene rings is 1. The first-order chi connectivity index (χ1) is 7.29. The molecule has 0 N–H and O–H groups in total. The molecule has 0 unspecified atom stereocenters. The second-order valence-corrected chi connectivity index (χ2v) is 4.23. The van der Waals surface area contributed by atoms with Crippen molar-refractivity contribution in [1.82, 2.24) is 10.2 Å². The molecule has 1 heterocycles. The van der Waals surface area contributed by atoms with Crippen LogP contribution in [0.3, 0.4) is 0 Å². The van der Waals surface area contributed by atoms with Gasteiger partial charge in [-0.3, -0.25) is 0 Å². The average molecular weight is 284 g/mol. The SMILES string of the molecule is ClCc1ccc(-c2ccc(Br)cc2)nn1. The van der Waals surface area contributed by atoms with Crippen molar-refractivity contribution in [3.8, 4) is 11.3 Å². The lowest BCUT2D eigenvalue weighted by molar-refractivity contribution is 0.975. The van der Waals surface area contributed by atoms with Crippen molar-refractivity contribution in [2.45, 2.75) is 5.88 Å². The Labute approximate surface area is 101 Å². The number of halogens is 2. The Bertz CT molecular complexity index is 439. The van der Waals surface area contributed by atoms with Crippen LogP contribution in [-0.4, -0.2) is 10.2 Å². The molecule has 0 bridgehead atoms. The summed E-state index contributed by atoms with van der Waals surface area (Å²) in [5.74, 6) is 0.396. The topological polar surface area (TPSA) is 25.8 Å². The normalized spacial score (nSPS) is 10.3. The van der Waals surface area contributed by atoms with E-state index in [2.05, 4.69) is 26.1 Å². The highest BCUT2D eigenvalue weighted by Gasteiger charge is 2.00. The van der Waals surface area contributed by atoms with Gasteiger partial charge in [0.1, 0.15) is 0 Å². The quantitative estimate of drug-likeness (QED) is 0.786. The Morgan fingerprint density at radius 3 is 2.27 bits per heavy atom. The summed E-state index contributed by atoms with van der Waals surface area (Å²) in [6.45, 7) is 0. The molecule has 0 aliphatic heterocycles. The Morgan fingerprint density at radius 2 is 1.73 bits per heavy atom. The van der Waals surface area contributed by atoms with Crippen molar-refractivity contribution >= 4 is 27.5 Å². The van der Waals surface area contributed by atoms with Crippen LogP contribution in [0.4, 0.5) is 0 Å². The fraction of sp³-hybridized carbons (Fsp3) is 0.0909. The van der Waals surface area contributed by atoms with Crippen molar-refractivity contribution in [2.24, 2.45) is 0 Å². The lowest BCUT2D eigenvalue weighted by atomic mass is 10.1. The molecule has 0 radical (unpaired) electrons. The first kappa shape index (κ1) is 10.6. The third kappa shape index (κ3) is 2.55. The molecule has 76 valence electrons. The summed E-state index contributed by atoms with van der Waals surface area (Å²) in [5, 5.41) is 8.10. The van der Waals surface area contributed by atoms with E-state index >= 15 is 0 Å². The van der Waals surface area contributed by atoms with Gasteiger partial charge < -0.3 is 0 Å². The van der Waals surface area contributed by atoms with Crippen molar-refractivity contribution in [3.05, 3.63) is 46.6 Å². The first-order valence-electron chi connectivity index (χ1n) is 4.44. The smallest absolute Gasteiger partial charge is 0.0929 e. The van der Waals surface area contributed by atoms with E-state index in [1.807, 2.05) is 36.4 Å². The fourth-order valence-corrected chi connectivity index (χ4v) is 1.61. The average Bonchev–Trinajstić information content (AvgIpc) is 2.30. The zero-order valence-electron chi connectivity index (χ0n) is 7.82. The number of hydrogen-bond acceptors (Lipinski definition) is 2. The van der Waals surface area contributed by atoms with E-state index in [0.29, 0.717) is 5.88 Å². The Kier molecular flexibility index (Phi) is 3.34. The monoisotopic (exact) mass is 282 g/mol. The van der Waals surface area contributed by atoms with Crippen LogP contribution in [0.2, 0.25) is 0 Å². The van der Waals surface area contributed by atoms with E-state index in [9.17, 15) is 0 Å². The van der Waals surface area contributed by atoms with Gasteiger partial charge in [-0.05, 0) is 24.3 Å². The molecule has 2 aromatic rings. The minimum Gasteiger partial charge on any atom is -0.154 e. The Morgan fingerprint density at radius 1 is 1.00 bits per heavy atom. The maximum atomic E-state index is 5.64. The van der Waals surface area contributed by atoms with Crippen LogP contribution in [0.25, 0.3) is 11.3 Å². The summed E-state index contributed by atoms with van der Waals surface area (Å²) in [6.07, 6.45) is 0. The highest BCUT2D eigenvalue weighted by atomic mass is 79.9. The van der Waals surface area contributed by atoms with Crippen LogP contribution in [0.5, 0.6) is 0 Å². The number of hydrogen-bond donors (Lipinski definition) is 0. The van der Waals surface area contributed by atoms with Crippen molar-refractivity contribution in [1.29, 1.82) is 0 Å². The summed E-state index contributed by atoms with van der Waals surface area (Å²) < 4.78 is 1.05. The summed E-state index contributed by atoms with van der Waals surface area (Å²) in [5.41, 5.74) is 2.70. The van der Waals surface area contributed by atoms with Gasteiger partial charge in [-0.1, -0.05) is 28.1 Å². The maximum absolute atomic E-state index is 5.64. The predicted molar refractivity (Wildman–Crippen MR) is 64.7 cm³/mol. The highest BCUT2D eigenvalue weighted by Crippen LogP contribution is 2.19. The van der Waals surface area contributed by atoms with Crippen molar-refractivity contribution < 1.29 is 0 Å². The van der Waals surface area contributed by atoms with E-state index < -0.39 is 0 Å². The molecule has 0 atom stereocenters. The second-order valence-electron chi connectivity index (χ2n) is 3.05. The minimum absolute atomic E-state index is 0.396. The van der Waals surface area contributed by atoms with Gasteiger partial charge in [-0.25, -0.2) is 0 Å². The third-order valence-electron chi connectivity index (χ3n) is 2.00. The van der Waals surface area contributed by atoms with Gasteiger partial charge in [0.15, 0.2) is 0 Å². The molecule has 0 aliphatic carbocycles. The Hall–Kier alpha value is -0.930. The largest absolute Gasteiger partial charge is 0.154 e. The minimum atomic E-state index is 0.396. The zero-order chi connectivity index (χ0) is 10.7. The molecule has 0 spiro atoms. The van der Waals surface area contributed by atoms with E-state index in [-0.39, 0.29) is 0 Å². The van der Waals surface area contributed by atoms with Gasteiger partial charge in [-0.15, -0.1) is 11.6 Å². The van der Waals surface area contributed by atoms with Gasteiger partial charge in [0.2, 0.25) is 0 Å². The lowest BCUT2D eigenvalue weighted by Gasteiger charge is -2.00. The molecule has 0 saturated carbocycles. The molecule has 4 heteroatoms. The summed E-state index contributed by atoms with van der Waals surface area (Å²) >= 11 is 9.02. The number of rotatable bonds is 2. The maximum Gasteiger partial charge on any atom is 0.0929 e. The number of nitrogens with zero attached hydrogens (tertiary/aromatic N) is 2. The van der Waals surface area contributed by atoms with E-state index in [1.165, 1.54) is 0 Å². The standard InChI is InChI=1S/C11H8BrClN2/c12-9-3-1-8(2-4-9)11-6-5-10(7-13)14-15-11/h1-6H,7H2. The van der Waals surface area contributed by atoms with Gasteiger partial charge in [0.25, 0.3) is 0 Å². The fourth-order valence-electron chi connectivity index (χ4n) is 1.21. The lowest BCUT2D eigenvalue weighted by Crippen LogP contribution is -1.91. The number of alkyl halides is 1. The summed E-state index contributed by atoms with van der Waals surface area (Å²) in [6, 6.07) is 11.8. The number of aromatic nitrogens is 2. The molecular weight excluding hydrogens is 275 g/mol. The first-order valence-corrected chi connectivity index (χ1v) is 5.77. The van der Waals surface area contributed by atoms with E-state index in [0.717, 1.165) is 21.4 Å². The Balaban J connectivity index is 2.33. The summed E-state index contributed by atoms with van der Waals surface area (Å²) in [4.78, 5) is 0. The van der Waals surface area contributed by atoms with Gasteiger partial charge >= 0.3 is 0 Å². The third-order valence-corrected chi connectivity index (χ3v) is 2.80. The molecule has 1 aromatic heterocycles. The van der Waals surface area contributed by atoms with Crippen LogP contribution >= 0.6 is 27.5 Å². The highest BCUT2D eigenvalue weighted by molar-refractivity contribution is 9.10. The second kappa shape index (κ2) is 4.73. The van der Waals surface area contributed by atoms with Crippen molar-refractivity contribution in [2.75, 3.05) is 0 Å². The molecule has 1 aromatic carbocycles. The van der Waals surface area contributed by atoms with Crippen LogP contribution in [-0.2, 0) is 5.88 Å². The molecule has 0 saturated heterocycles. The van der Waals surface area contributed by atoms with Gasteiger partial charge in [-0.2, -0.15) is 10.2 Å². The molecule has 2 rings (SSSR count). The molecular formula is C11H8BrClN2. The molecule has 15 heavy (non-hydrogen) atoms. The van der Waals surface area contributed by atoms with Crippen LogP contribution in [0.15, 0.2) is 40.9 Å². The van der Waals surface area contributed by atoms with E-state index in [4.69, 9.17) is 11.6 Å². The van der Waals surface area contributed by atoms with Crippen LogP contribution in [0.1, 0.15) is 5.69 Å². The zero-order valence-corrected chi connectivity index (χ0v) is 10.2. The molecule has 0 fully saturated rings. The molecule has 0 aliphatic rings.